The van der Waals surface area contributed by atoms with E-state index >= 15 is 0 Å². The second-order valence-electron chi connectivity index (χ2n) is 18.4. The molecule has 2 saturated heterocycles. The quantitative estimate of drug-likeness (QED) is 0.103. The van der Waals surface area contributed by atoms with Gasteiger partial charge in [0.15, 0.2) is 0 Å². The number of carboxylic acids is 1. The second-order valence-corrected chi connectivity index (χ2v) is 18.4. The summed E-state index contributed by atoms with van der Waals surface area (Å²) in [5.41, 5.74) is 8.05. The molecule has 4 amide bonds. The van der Waals surface area contributed by atoms with Crippen LogP contribution in [0.3, 0.4) is 0 Å². The number of benzene rings is 6. The van der Waals surface area contributed by atoms with Crippen molar-refractivity contribution in [2.24, 2.45) is 0 Å². The number of nitrogens with zero attached hydrogens (tertiary/aromatic N) is 2. The number of hydrogen-bond donors (Lipinski definition) is 3. The average Bonchev–Trinajstić information content (AvgIpc) is 4.35. The Morgan fingerprint density at radius 2 is 0.915 bits per heavy atom. The average molecular weight is 951 g/mol. The summed E-state index contributed by atoms with van der Waals surface area (Å²) in [5, 5.41) is 15.4. The largest absolute Gasteiger partial charge is 0.478 e. The van der Waals surface area contributed by atoms with E-state index in [1.54, 1.807) is 36.4 Å². The van der Waals surface area contributed by atoms with Gasteiger partial charge in [0.2, 0.25) is 0 Å². The fourth-order valence-corrected chi connectivity index (χ4v) is 9.15. The first-order valence-electron chi connectivity index (χ1n) is 24.3. The number of likely N-dealkylation sites (tertiary alicyclic amines) is 2. The zero-order chi connectivity index (χ0) is 49.1. The Kier molecular flexibility index (Phi) is 15.2. The van der Waals surface area contributed by atoms with Gasteiger partial charge in [-0.3, -0.25) is 0 Å². The summed E-state index contributed by atoms with van der Waals surface area (Å²) >= 11 is 0. The van der Waals surface area contributed by atoms with Gasteiger partial charge in [0.1, 0.15) is 23.0 Å². The van der Waals surface area contributed by atoms with Crippen LogP contribution in [0.25, 0.3) is 12.2 Å². The molecule has 0 bridgehead atoms. The summed E-state index contributed by atoms with van der Waals surface area (Å²) in [6.45, 7) is 2.88. The first kappa shape index (κ1) is 47.9. The molecule has 6 aromatic rings. The van der Waals surface area contributed by atoms with Gasteiger partial charge >= 0.3 is 24.0 Å². The molecule has 0 aromatic heterocycles. The predicted octanol–water partition coefficient (Wildman–Crippen LogP) is 11.9. The van der Waals surface area contributed by atoms with Crippen molar-refractivity contribution in [3.05, 3.63) is 202 Å². The zero-order valence-electron chi connectivity index (χ0n) is 39.7. The van der Waals surface area contributed by atoms with Crippen molar-refractivity contribution in [3.8, 4) is 23.0 Å². The summed E-state index contributed by atoms with van der Waals surface area (Å²) in [4.78, 5) is 51.9. The number of urea groups is 2. The van der Waals surface area contributed by atoms with Gasteiger partial charge < -0.3 is 39.8 Å². The minimum atomic E-state index is -0.961. The smallest absolute Gasteiger partial charge is 0.337 e. The molecule has 2 heterocycles. The van der Waals surface area contributed by atoms with Crippen LogP contribution in [0.1, 0.15) is 93.3 Å². The lowest BCUT2D eigenvalue weighted by atomic mass is 10.0. The molecule has 4 unspecified atom stereocenters. The standard InChI is InChI=1S/C30H30N2O4.C29H28N2O4/c1-35-29(33)24-10-12-25(13-11-24)36-26-9-5-6-22(19-26)18-21-14-16-32(17-15-21)30(34)31-28-20-27(28)23-7-3-2-4-8-23;32-28(33)23-9-11-24(12-10-23)35-25-8-4-5-21(18-25)17-20-13-15-31(16-14-20)29(34)30-27-19-26(27)22-6-2-1-3-7-22/h2-13,18-19,27-28H,14-17,20H2,1H3,(H,31,34);1-12,17-18,26-27H,13-16,19H2,(H,30,34)(H,32,33). The molecule has 12 nitrogen and oxygen atoms in total. The van der Waals surface area contributed by atoms with Gasteiger partial charge in [-0.25, -0.2) is 19.2 Å². The molecule has 2 aliphatic carbocycles. The molecule has 4 aliphatic rings. The van der Waals surface area contributed by atoms with Gasteiger partial charge in [-0.05, 0) is 134 Å². The van der Waals surface area contributed by atoms with E-state index in [4.69, 9.17) is 19.3 Å². The number of hydrogen-bond acceptors (Lipinski definition) is 7. The maximum absolute atomic E-state index is 12.7. The third-order valence-electron chi connectivity index (χ3n) is 13.3. The van der Waals surface area contributed by atoms with Crippen LogP contribution >= 0.6 is 0 Å². The van der Waals surface area contributed by atoms with Crippen LogP contribution in [0.15, 0.2) is 169 Å². The Morgan fingerprint density at radius 1 is 0.507 bits per heavy atom. The van der Waals surface area contributed by atoms with Gasteiger partial charge in [-0.2, -0.15) is 0 Å². The Hall–Kier alpha value is -8.12. The lowest BCUT2D eigenvalue weighted by Crippen LogP contribution is -2.44. The molecule has 2 aliphatic heterocycles. The molecule has 10 rings (SSSR count). The minimum absolute atomic E-state index is 0.0387. The predicted molar refractivity (Wildman–Crippen MR) is 274 cm³/mol. The zero-order valence-corrected chi connectivity index (χ0v) is 39.7. The Balaban J connectivity index is 0.000000176. The maximum atomic E-state index is 12.7. The minimum Gasteiger partial charge on any atom is -0.478 e. The van der Waals surface area contributed by atoms with Crippen LogP contribution in [0.5, 0.6) is 23.0 Å². The maximum Gasteiger partial charge on any atom is 0.337 e. The highest BCUT2D eigenvalue weighted by Crippen LogP contribution is 2.42. The number of ether oxygens (including phenoxy) is 3. The van der Waals surface area contributed by atoms with Crippen LogP contribution in [0, 0.1) is 0 Å². The monoisotopic (exact) mass is 950 g/mol. The van der Waals surface area contributed by atoms with E-state index in [0.717, 1.165) is 68.5 Å². The van der Waals surface area contributed by atoms with Crippen molar-refractivity contribution in [1.29, 1.82) is 0 Å². The number of methoxy groups -OCH3 is 1. The molecular formula is C59H58N4O8. The topological polar surface area (TPSA) is 147 Å². The van der Waals surface area contributed by atoms with Crippen LogP contribution in [-0.2, 0) is 4.74 Å². The van der Waals surface area contributed by atoms with Gasteiger partial charge in [-0.1, -0.05) is 108 Å². The summed E-state index contributed by atoms with van der Waals surface area (Å²) in [6.07, 6.45) is 9.81. The number of esters is 1. The van der Waals surface area contributed by atoms with Crippen molar-refractivity contribution < 1.29 is 38.5 Å². The first-order valence-corrected chi connectivity index (χ1v) is 24.3. The highest BCUT2D eigenvalue weighted by atomic mass is 16.5. The summed E-state index contributed by atoms with van der Waals surface area (Å²) < 4.78 is 16.6. The van der Waals surface area contributed by atoms with E-state index in [1.807, 2.05) is 76.5 Å². The molecule has 3 N–H and O–H groups in total. The van der Waals surface area contributed by atoms with E-state index in [9.17, 15) is 19.2 Å². The molecular weight excluding hydrogens is 893 g/mol. The van der Waals surface area contributed by atoms with Gasteiger partial charge in [0.25, 0.3) is 0 Å². The van der Waals surface area contributed by atoms with Crippen molar-refractivity contribution in [2.75, 3.05) is 33.3 Å². The Morgan fingerprint density at radius 3 is 1.31 bits per heavy atom. The van der Waals surface area contributed by atoms with Crippen LogP contribution in [-0.4, -0.2) is 84.3 Å². The summed E-state index contributed by atoms with van der Waals surface area (Å²) in [7, 11) is 1.36. The molecule has 71 heavy (non-hydrogen) atoms. The number of piperidine rings is 2. The third-order valence-corrected chi connectivity index (χ3v) is 13.3. The Bertz CT molecular complexity index is 2870. The molecule has 4 atom stereocenters. The van der Waals surface area contributed by atoms with Crippen molar-refractivity contribution >= 4 is 36.2 Å². The molecule has 4 fully saturated rings. The van der Waals surface area contributed by atoms with Crippen molar-refractivity contribution in [1.82, 2.24) is 20.4 Å². The molecule has 362 valence electrons. The number of carboxylic acid groups (broad SMARTS) is 1. The van der Waals surface area contributed by atoms with E-state index < -0.39 is 5.97 Å². The highest BCUT2D eigenvalue weighted by molar-refractivity contribution is 5.89. The third kappa shape index (κ3) is 13.2. The normalized spacial score (nSPS) is 18.9. The van der Waals surface area contributed by atoms with E-state index in [0.29, 0.717) is 47.7 Å². The van der Waals surface area contributed by atoms with Gasteiger partial charge in [-0.15, -0.1) is 0 Å². The highest BCUT2D eigenvalue weighted by Gasteiger charge is 2.41. The van der Waals surface area contributed by atoms with Gasteiger partial charge in [0.05, 0.1) is 18.2 Å². The lowest BCUT2D eigenvalue weighted by molar-refractivity contribution is 0.0599. The van der Waals surface area contributed by atoms with Crippen molar-refractivity contribution in [3.63, 3.8) is 0 Å². The lowest BCUT2D eigenvalue weighted by Gasteiger charge is -2.28. The van der Waals surface area contributed by atoms with E-state index in [2.05, 4.69) is 65.3 Å². The number of rotatable bonds is 12. The SMILES string of the molecule is COC(=O)c1ccc(Oc2cccc(C=C3CCN(C(=O)NC4CC4c4ccccc4)CC3)c2)cc1.O=C(O)c1ccc(Oc2cccc(C=C3CCN(C(=O)NC4CC4c4ccccc4)CC3)c2)cc1. The first-order chi connectivity index (χ1) is 34.6. The number of nitrogens with one attached hydrogen (secondary N) is 2. The van der Waals surface area contributed by atoms with Crippen LogP contribution < -0.4 is 20.1 Å². The fourth-order valence-electron chi connectivity index (χ4n) is 9.15. The number of carbonyl (C=O) groups is 4. The fraction of sp³-hybridized carbons (Fsp3) is 0.254. The number of amides is 4. The molecule has 6 aromatic carbocycles. The number of aromatic carboxylic acids is 1. The summed E-state index contributed by atoms with van der Waals surface area (Å²) in [6, 6.07) is 50.3. The van der Waals surface area contributed by atoms with Crippen LogP contribution in [0.2, 0.25) is 0 Å². The Labute approximate surface area is 414 Å². The second kappa shape index (κ2) is 22.5. The van der Waals surface area contributed by atoms with E-state index in [1.165, 1.54) is 41.5 Å². The molecule has 12 heteroatoms. The van der Waals surface area contributed by atoms with Gasteiger partial charge in [0, 0.05) is 50.1 Å². The molecule has 0 spiro atoms. The molecule has 2 saturated carbocycles. The number of carbonyl (C=O) groups excluding carboxylic acids is 3. The van der Waals surface area contributed by atoms with Crippen LogP contribution in [0.4, 0.5) is 9.59 Å². The summed E-state index contributed by atoms with van der Waals surface area (Å²) in [5.74, 6) is 2.20. The van der Waals surface area contributed by atoms with E-state index in [-0.39, 0.29) is 35.7 Å². The molecule has 0 radical (unpaired) electrons. The van der Waals surface area contributed by atoms with Crippen molar-refractivity contribution in [2.45, 2.75) is 62.4 Å².